The molecule has 1 heterocycles. The van der Waals surface area contributed by atoms with Gasteiger partial charge in [0.2, 0.25) is 0 Å². The lowest BCUT2D eigenvalue weighted by Gasteiger charge is -2.05. The van der Waals surface area contributed by atoms with Crippen molar-refractivity contribution in [1.82, 2.24) is 14.9 Å². The van der Waals surface area contributed by atoms with Crippen molar-refractivity contribution >= 4 is 39.9 Å². The number of aromatic nitrogens is 3. The van der Waals surface area contributed by atoms with Crippen molar-refractivity contribution in [3.05, 3.63) is 90.3 Å². The van der Waals surface area contributed by atoms with Crippen LogP contribution >= 0.6 is 0 Å². The summed E-state index contributed by atoms with van der Waals surface area (Å²) >= 11 is 0. The Kier molecular flexibility index (Phi) is 4.93. The summed E-state index contributed by atoms with van der Waals surface area (Å²) in [5, 5.41) is 40.7. The molecule has 5 aromatic rings. The van der Waals surface area contributed by atoms with Gasteiger partial charge in [0.15, 0.2) is 0 Å². The van der Waals surface area contributed by atoms with Crippen LogP contribution < -0.4 is 5.43 Å². The Morgan fingerprint density at radius 1 is 0.750 bits per heavy atom. The average molecular weight is 422 g/mol. The van der Waals surface area contributed by atoms with E-state index in [-0.39, 0.29) is 17.4 Å². The second kappa shape index (κ2) is 8.19. The largest absolute Gasteiger partial charge is 0.507 e. The highest BCUT2D eigenvalue weighted by Crippen LogP contribution is 2.26. The third-order valence-corrected chi connectivity index (χ3v) is 5.10. The predicted molar refractivity (Wildman–Crippen MR) is 125 cm³/mol. The SMILES string of the molecule is Oc1ccc2ccccc2c1C=NNc1nncn1N=Cc1c(O)ccc2ccccc12. The van der Waals surface area contributed by atoms with Crippen LogP contribution in [0.4, 0.5) is 5.95 Å². The summed E-state index contributed by atoms with van der Waals surface area (Å²) in [6.07, 6.45) is 4.50. The van der Waals surface area contributed by atoms with E-state index >= 15 is 0 Å². The quantitative estimate of drug-likeness (QED) is 0.289. The number of hydrazone groups is 1. The van der Waals surface area contributed by atoms with Crippen molar-refractivity contribution in [1.29, 1.82) is 0 Å². The molecule has 0 aliphatic heterocycles. The fraction of sp³-hybridized carbons (Fsp3) is 0. The lowest BCUT2D eigenvalue weighted by Crippen LogP contribution is -2.00. The number of fused-ring (bicyclic) bond motifs is 2. The molecule has 8 heteroatoms. The highest BCUT2D eigenvalue weighted by Gasteiger charge is 2.07. The Morgan fingerprint density at radius 3 is 2.00 bits per heavy atom. The highest BCUT2D eigenvalue weighted by molar-refractivity contribution is 6.03. The molecular weight excluding hydrogens is 404 g/mol. The number of benzene rings is 4. The molecule has 32 heavy (non-hydrogen) atoms. The molecule has 156 valence electrons. The Labute approximate surface area is 182 Å². The van der Waals surface area contributed by atoms with Gasteiger partial charge in [-0.3, -0.25) is 0 Å². The number of phenolic OH excluding ortho intramolecular Hbond substituents is 2. The van der Waals surface area contributed by atoms with Gasteiger partial charge in [0, 0.05) is 11.1 Å². The van der Waals surface area contributed by atoms with Gasteiger partial charge in [-0.1, -0.05) is 60.7 Å². The maximum atomic E-state index is 10.3. The molecule has 5 rings (SSSR count). The third kappa shape index (κ3) is 3.61. The molecule has 0 radical (unpaired) electrons. The summed E-state index contributed by atoms with van der Waals surface area (Å²) in [5.41, 5.74) is 3.97. The van der Waals surface area contributed by atoms with Crippen LogP contribution in [0.3, 0.4) is 0 Å². The van der Waals surface area contributed by atoms with E-state index in [1.807, 2.05) is 60.7 Å². The fourth-order valence-electron chi connectivity index (χ4n) is 3.50. The zero-order chi connectivity index (χ0) is 21.9. The number of phenols is 2. The number of nitrogens with zero attached hydrogens (tertiary/aromatic N) is 5. The monoisotopic (exact) mass is 422 g/mol. The summed E-state index contributed by atoms with van der Waals surface area (Å²) < 4.78 is 1.40. The van der Waals surface area contributed by atoms with Crippen LogP contribution in [0.25, 0.3) is 21.5 Å². The van der Waals surface area contributed by atoms with Crippen LogP contribution in [-0.4, -0.2) is 37.5 Å². The van der Waals surface area contributed by atoms with Gasteiger partial charge in [0.05, 0.1) is 12.4 Å². The van der Waals surface area contributed by atoms with Gasteiger partial charge in [-0.15, -0.1) is 10.2 Å². The van der Waals surface area contributed by atoms with Crippen molar-refractivity contribution in [2.45, 2.75) is 0 Å². The van der Waals surface area contributed by atoms with E-state index in [4.69, 9.17) is 0 Å². The minimum absolute atomic E-state index is 0.125. The molecule has 0 spiro atoms. The molecule has 3 N–H and O–H groups in total. The van der Waals surface area contributed by atoms with Crippen LogP contribution in [0.1, 0.15) is 11.1 Å². The van der Waals surface area contributed by atoms with E-state index in [0.29, 0.717) is 11.1 Å². The summed E-state index contributed by atoms with van der Waals surface area (Å²) in [4.78, 5) is 0. The Balaban J connectivity index is 1.41. The van der Waals surface area contributed by atoms with E-state index < -0.39 is 0 Å². The van der Waals surface area contributed by atoms with Crippen molar-refractivity contribution < 1.29 is 10.2 Å². The average Bonchev–Trinajstić information content (AvgIpc) is 3.27. The van der Waals surface area contributed by atoms with E-state index in [1.54, 1.807) is 18.3 Å². The summed E-state index contributed by atoms with van der Waals surface area (Å²) in [5.74, 6) is 0.525. The minimum Gasteiger partial charge on any atom is -0.507 e. The van der Waals surface area contributed by atoms with Crippen LogP contribution in [0.15, 0.2) is 89.3 Å². The van der Waals surface area contributed by atoms with Crippen LogP contribution in [0, 0.1) is 0 Å². The molecule has 0 amide bonds. The number of nitrogens with one attached hydrogen (secondary N) is 1. The lowest BCUT2D eigenvalue weighted by atomic mass is 10.0. The molecule has 0 aliphatic carbocycles. The molecule has 0 atom stereocenters. The summed E-state index contributed by atoms with van der Waals surface area (Å²) in [6.45, 7) is 0. The molecule has 0 unspecified atom stereocenters. The van der Waals surface area contributed by atoms with Crippen molar-refractivity contribution in [3.8, 4) is 11.5 Å². The predicted octanol–water partition coefficient (Wildman–Crippen LogP) is 4.32. The Hall–Kier alpha value is -4.72. The highest BCUT2D eigenvalue weighted by atomic mass is 16.3. The van der Waals surface area contributed by atoms with Gasteiger partial charge < -0.3 is 10.2 Å². The first-order chi connectivity index (χ1) is 15.7. The van der Waals surface area contributed by atoms with E-state index in [1.165, 1.54) is 17.2 Å². The molecule has 4 aromatic carbocycles. The van der Waals surface area contributed by atoms with Crippen LogP contribution in [0.2, 0.25) is 0 Å². The zero-order valence-corrected chi connectivity index (χ0v) is 16.8. The van der Waals surface area contributed by atoms with Gasteiger partial charge in [-0.05, 0) is 33.7 Å². The zero-order valence-electron chi connectivity index (χ0n) is 16.8. The van der Waals surface area contributed by atoms with Gasteiger partial charge in [-0.2, -0.15) is 14.9 Å². The van der Waals surface area contributed by atoms with Gasteiger partial charge in [0.25, 0.3) is 5.95 Å². The smallest absolute Gasteiger partial charge is 0.265 e. The summed E-state index contributed by atoms with van der Waals surface area (Å²) in [6, 6.07) is 22.4. The maximum Gasteiger partial charge on any atom is 0.265 e. The maximum absolute atomic E-state index is 10.3. The fourth-order valence-corrected chi connectivity index (χ4v) is 3.50. The van der Waals surface area contributed by atoms with Crippen molar-refractivity contribution in [2.75, 3.05) is 5.43 Å². The molecule has 1 aromatic heterocycles. The molecule has 8 nitrogen and oxygen atoms in total. The third-order valence-electron chi connectivity index (χ3n) is 5.10. The second-order valence-corrected chi connectivity index (χ2v) is 7.05. The Bertz CT molecular complexity index is 1490. The van der Waals surface area contributed by atoms with Crippen molar-refractivity contribution in [2.24, 2.45) is 10.2 Å². The molecule has 0 saturated carbocycles. The molecule has 0 aliphatic rings. The van der Waals surface area contributed by atoms with E-state index in [0.717, 1.165) is 21.5 Å². The minimum atomic E-state index is 0.125. The van der Waals surface area contributed by atoms with Gasteiger partial charge in [-0.25, -0.2) is 5.43 Å². The van der Waals surface area contributed by atoms with Gasteiger partial charge >= 0.3 is 0 Å². The topological polar surface area (TPSA) is 108 Å². The lowest BCUT2D eigenvalue weighted by molar-refractivity contribution is 0.475. The normalized spacial score (nSPS) is 11.8. The molecule has 0 saturated heterocycles. The van der Waals surface area contributed by atoms with E-state index in [9.17, 15) is 10.2 Å². The van der Waals surface area contributed by atoms with Crippen LogP contribution in [0.5, 0.6) is 11.5 Å². The number of aromatic hydroxyl groups is 2. The number of hydrogen-bond acceptors (Lipinski definition) is 7. The number of hydrogen-bond donors (Lipinski definition) is 3. The van der Waals surface area contributed by atoms with E-state index in [2.05, 4.69) is 25.8 Å². The molecular formula is C24H18N6O2. The first-order valence-electron chi connectivity index (χ1n) is 9.85. The summed E-state index contributed by atoms with van der Waals surface area (Å²) in [7, 11) is 0. The van der Waals surface area contributed by atoms with Crippen molar-refractivity contribution in [3.63, 3.8) is 0 Å². The van der Waals surface area contributed by atoms with Gasteiger partial charge in [0.1, 0.15) is 17.8 Å². The Morgan fingerprint density at radius 2 is 1.34 bits per heavy atom. The first kappa shape index (κ1) is 19.3. The van der Waals surface area contributed by atoms with Crippen LogP contribution in [-0.2, 0) is 0 Å². The first-order valence-corrected chi connectivity index (χ1v) is 9.85. The second-order valence-electron chi connectivity index (χ2n) is 7.05. The molecule has 0 bridgehead atoms. The number of anilines is 1. The molecule has 0 fully saturated rings. The number of rotatable bonds is 5. The standard InChI is InChI=1S/C24H18N6O2/c31-22-11-9-16-5-1-3-7-18(16)20(22)13-25-28-24-29-26-15-30(24)27-14-21-19-8-4-2-6-17(19)10-12-23(21)32/h1-15,31-32H,(H,28,29).